The molecule has 0 spiro atoms. The molecule has 2 aliphatic rings. The van der Waals surface area contributed by atoms with Crippen LogP contribution >= 0.6 is 0 Å². The largest absolute Gasteiger partial charge is 0.508 e. The van der Waals surface area contributed by atoms with Gasteiger partial charge in [0, 0.05) is 17.5 Å². The highest BCUT2D eigenvalue weighted by atomic mass is 16.5. The van der Waals surface area contributed by atoms with Gasteiger partial charge in [0.05, 0.1) is 6.61 Å². The van der Waals surface area contributed by atoms with Gasteiger partial charge in [-0.2, -0.15) is 0 Å². The average molecular weight is 336 g/mol. The van der Waals surface area contributed by atoms with E-state index in [-0.39, 0.29) is 23.3 Å². The topological polar surface area (TPSA) is 69.9 Å². The van der Waals surface area contributed by atoms with Crippen molar-refractivity contribution in [2.75, 3.05) is 6.61 Å². The number of hydrogen-bond donors (Lipinski definition) is 3. The highest BCUT2D eigenvalue weighted by Crippen LogP contribution is 2.49. The molecule has 0 fully saturated rings. The minimum Gasteiger partial charge on any atom is -0.508 e. The summed E-state index contributed by atoms with van der Waals surface area (Å²) < 4.78 is 5.88. The highest BCUT2D eigenvalue weighted by molar-refractivity contribution is 5.50. The van der Waals surface area contributed by atoms with Crippen LogP contribution in [0.25, 0.3) is 0 Å². The molecule has 0 radical (unpaired) electrons. The van der Waals surface area contributed by atoms with E-state index in [1.165, 1.54) is 0 Å². The standard InChI is InChI=1S/C21H20O4/c22-16-8-6-14(7-9-16)19-13-25-20-12-17(23)10-11-18(20)21(19,24)15-4-2-1-3-5-15/h1-6,8-12,14,19,22-24H,7,13H2. The van der Waals surface area contributed by atoms with Crippen LogP contribution in [0, 0.1) is 11.8 Å². The third kappa shape index (κ3) is 2.59. The summed E-state index contributed by atoms with van der Waals surface area (Å²) in [4.78, 5) is 0. The Labute approximate surface area is 146 Å². The Hall–Kier alpha value is -2.72. The molecule has 4 rings (SSSR count). The van der Waals surface area contributed by atoms with Gasteiger partial charge in [0.2, 0.25) is 0 Å². The molecule has 4 heteroatoms. The Kier molecular flexibility index (Phi) is 3.77. The molecule has 1 heterocycles. The first-order valence-corrected chi connectivity index (χ1v) is 8.40. The zero-order chi connectivity index (χ0) is 17.4. The van der Waals surface area contributed by atoms with Gasteiger partial charge in [-0.25, -0.2) is 0 Å². The lowest BCUT2D eigenvalue weighted by molar-refractivity contribution is -0.0426. The SMILES string of the molecule is OC1=CCC(C2COc3cc(O)ccc3C2(O)c2ccccc2)C=C1. The Morgan fingerprint density at radius 1 is 1.04 bits per heavy atom. The molecule has 0 aromatic heterocycles. The van der Waals surface area contributed by atoms with Gasteiger partial charge >= 0.3 is 0 Å². The van der Waals surface area contributed by atoms with E-state index in [9.17, 15) is 15.3 Å². The molecule has 0 amide bonds. The second-order valence-electron chi connectivity index (χ2n) is 6.62. The van der Waals surface area contributed by atoms with E-state index in [0.29, 0.717) is 24.3 Å². The van der Waals surface area contributed by atoms with Gasteiger partial charge in [-0.05, 0) is 42.2 Å². The summed E-state index contributed by atoms with van der Waals surface area (Å²) in [5.74, 6) is 0.677. The first kappa shape index (κ1) is 15.8. The number of fused-ring (bicyclic) bond motifs is 1. The van der Waals surface area contributed by atoms with Crippen molar-refractivity contribution in [3.63, 3.8) is 0 Å². The minimum atomic E-state index is -1.24. The third-order valence-corrected chi connectivity index (χ3v) is 5.17. The van der Waals surface area contributed by atoms with Crippen LogP contribution in [-0.2, 0) is 5.60 Å². The number of allylic oxidation sites excluding steroid dienone is 3. The predicted molar refractivity (Wildman–Crippen MR) is 94.5 cm³/mol. The second kappa shape index (κ2) is 5.97. The molecule has 3 N–H and O–H groups in total. The van der Waals surface area contributed by atoms with Crippen LogP contribution in [0.3, 0.4) is 0 Å². The summed E-state index contributed by atoms with van der Waals surface area (Å²) in [6.07, 6.45) is 6.01. The van der Waals surface area contributed by atoms with Crippen LogP contribution < -0.4 is 4.74 Å². The van der Waals surface area contributed by atoms with Crippen LogP contribution in [0.5, 0.6) is 11.5 Å². The van der Waals surface area contributed by atoms with Gasteiger partial charge in [0.25, 0.3) is 0 Å². The maximum atomic E-state index is 11.9. The van der Waals surface area contributed by atoms with Crippen molar-refractivity contribution in [2.24, 2.45) is 11.8 Å². The van der Waals surface area contributed by atoms with E-state index in [4.69, 9.17) is 4.74 Å². The zero-order valence-electron chi connectivity index (χ0n) is 13.7. The fourth-order valence-corrected chi connectivity index (χ4v) is 3.86. The molecule has 0 bridgehead atoms. The van der Waals surface area contributed by atoms with Crippen LogP contribution in [0.4, 0.5) is 0 Å². The summed E-state index contributed by atoms with van der Waals surface area (Å²) in [6.45, 7) is 0.325. The van der Waals surface area contributed by atoms with Gasteiger partial charge in [-0.1, -0.05) is 36.4 Å². The number of aromatic hydroxyl groups is 1. The van der Waals surface area contributed by atoms with Crippen LogP contribution in [-0.4, -0.2) is 21.9 Å². The fraction of sp³-hybridized carbons (Fsp3) is 0.238. The molecule has 3 unspecified atom stereocenters. The first-order valence-electron chi connectivity index (χ1n) is 8.40. The summed E-state index contributed by atoms with van der Waals surface area (Å²) in [6, 6.07) is 14.4. The molecule has 0 saturated carbocycles. The fourth-order valence-electron chi connectivity index (χ4n) is 3.86. The Morgan fingerprint density at radius 3 is 2.56 bits per heavy atom. The van der Waals surface area contributed by atoms with E-state index in [2.05, 4.69) is 0 Å². The molecule has 3 atom stereocenters. The highest BCUT2D eigenvalue weighted by Gasteiger charge is 2.48. The first-order chi connectivity index (χ1) is 12.1. The maximum absolute atomic E-state index is 11.9. The quantitative estimate of drug-likeness (QED) is 0.783. The lowest BCUT2D eigenvalue weighted by Crippen LogP contribution is -2.46. The Balaban J connectivity index is 1.85. The number of aliphatic hydroxyl groups excluding tert-OH is 1. The number of rotatable bonds is 2. The minimum absolute atomic E-state index is 0.0306. The monoisotopic (exact) mass is 336 g/mol. The number of phenolic OH excluding ortho intramolecular Hbond substituents is 1. The van der Waals surface area contributed by atoms with Gasteiger partial charge in [0.1, 0.15) is 22.9 Å². The van der Waals surface area contributed by atoms with E-state index in [1.807, 2.05) is 36.4 Å². The summed E-state index contributed by atoms with van der Waals surface area (Å²) >= 11 is 0. The van der Waals surface area contributed by atoms with Crippen LogP contribution in [0.2, 0.25) is 0 Å². The molecular formula is C21H20O4. The number of hydrogen-bond acceptors (Lipinski definition) is 4. The molecule has 128 valence electrons. The van der Waals surface area contributed by atoms with Crippen molar-refractivity contribution in [1.29, 1.82) is 0 Å². The lowest BCUT2D eigenvalue weighted by atomic mass is 9.68. The summed E-state index contributed by atoms with van der Waals surface area (Å²) in [5.41, 5.74) is 0.209. The maximum Gasteiger partial charge on any atom is 0.129 e. The molecule has 4 nitrogen and oxygen atoms in total. The molecular weight excluding hydrogens is 316 g/mol. The van der Waals surface area contributed by atoms with Crippen molar-refractivity contribution in [1.82, 2.24) is 0 Å². The Bertz CT molecular complexity index is 840. The number of ether oxygens (including phenoxy) is 1. The second-order valence-corrected chi connectivity index (χ2v) is 6.62. The van der Waals surface area contributed by atoms with Crippen molar-refractivity contribution in [3.8, 4) is 11.5 Å². The molecule has 2 aromatic rings. The number of benzene rings is 2. The molecule has 25 heavy (non-hydrogen) atoms. The number of phenols is 1. The van der Waals surface area contributed by atoms with Crippen molar-refractivity contribution < 1.29 is 20.1 Å². The van der Waals surface area contributed by atoms with E-state index < -0.39 is 5.60 Å². The van der Waals surface area contributed by atoms with Gasteiger partial charge in [-0.3, -0.25) is 0 Å². The third-order valence-electron chi connectivity index (χ3n) is 5.17. The van der Waals surface area contributed by atoms with Crippen molar-refractivity contribution in [2.45, 2.75) is 12.0 Å². The Morgan fingerprint density at radius 2 is 1.84 bits per heavy atom. The molecule has 1 aliphatic heterocycles. The van der Waals surface area contributed by atoms with E-state index in [0.717, 1.165) is 5.56 Å². The van der Waals surface area contributed by atoms with Crippen molar-refractivity contribution >= 4 is 0 Å². The van der Waals surface area contributed by atoms with Crippen molar-refractivity contribution in [3.05, 3.63) is 83.6 Å². The van der Waals surface area contributed by atoms with Gasteiger partial charge in [0.15, 0.2) is 0 Å². The average Bonchev–Trinajstić information content (AvgIpc) is 2.63. The van der Waals surface area contributed by atoms with E-state index in [1.54, 1.807) is 30.4 Å². The zero-order valence-corrected chi connectivity index (χ0v) is 13.7. The smallest absolute Gasteiger partial charge is 0.129 e. The summed E-state index contributed by atoms with van der Waals surface area (Å²) in [5, 5.41) is 31.3. The predicted octanol–water partition coefficient (Wildman–Crippen LogP) is 3.65. The molecule has 0 saturated heterocycles. The van der Waals surface area contributed by atoms with Gasteiger partial charge in [-0.15, -0.1) is 0 Å². The van der Waals surface area contributed by atoms with Gasteiger partial charge < -0.3 is 20.1 Å². The lowest BCUT2D eigenvalue weighted by Gasteiger charge is -2.44. The van der Waals surface area contributed by atoms with Crippen LogP contribution in [0.15, 0.2) is 72.5 Å². The number of aliphatic hydroxyl groups is 2. The summed E-state index contributed by atoms with van der Waals surface area (Å²) in [7, 11) is 0. The molecule has 1 aliphatic carbocycles. The molecule has 2 aromatic carbocycles. The van der Waals surface area contributed by atoms with E-state index >= 15 is 0 Å². The normalized spacial score (nSPS) is 28.0. The van der Waals surface area contributed by atoms with Crippen LogP contribution in [0.1, 0.15) is 17.5 Å².